The molecule has 8 nitrogen and oxygen atoms in total. The number of aliphatic hydroxyl groups is 1. The van der Waals surface area contributed by atoms with Crippen molar-refractivity contribution < 1.29 is 41.7 Å². The van der Waals surface area contributed by atoms with Crippen LogP contribution in [0.2, 0.25) is 0 Å². The maximum absolute atomic E-state index is 14.9. The average Bonchev–Trinajstić information content (AvgIpc) is 3.41. The van der Waals surface area contributed by atoms with Crippen LogP contribution in [-0.2, 0) is 28.1 Å². The lowest BCUT2D eigenvalue weighted by Crippen LogP contribution is -2.53. The van der Waals surface area contributed by atoms with E-state index < -0.39 is 24.1 Å². The number of nitriles is 1. The van der Waals surface area contributed by atoms with E-state index in [9.17, 15) is 32.7 Å². The number of nitrogens with zero attached hydrogens (tertiary/aromatic N) is 3. The van der Waals surface area contributed by atoms with Crippen LogP contribution in [0.5, 0.6) is 11.5 Å². The lowest BCUT2D eigenvalue weighted by atomic mass is 9.90. The molecule has 1 fully saturated rings. The summed E-state index contributed by atoms with van der Waals surface area (Å²) < 4.78 is 76.2. The van der Waals surface area contributed by atoms with Gasteiger partial charge in [-0.3, -0.25) is 9.69 Å². The highest BCUT2D eigenvalue weighted by Gasteiger charge is 2.57. The number of ether oxygens (including phenoxy) is 3. The van der Waals surface area contributed by atoms with Crippen molar-refractivity contribution in [1.29, 1.82) is 5.26 Å². The number of hydrogen-bond acceptors (Lipinski definition) is 7. The fraction of sp³-hybridized carbons (Fsp3) is 0.371. The van der Waals surface area contributed by atoms with Crippen LogP contribution in [0.3, 0.4) is 0 Å². The number of carbonyl (C=O) groups is 1. The van der Waals surface area contributed by atoms with E-state index in [1.165, 1.54) is 55.8 Å². The smallest absolute Gasteiger partial charge is 0.422 e. The molecule has 12 heteroatoms. The van der Waals surface area contributed by atoms with Crippen LogP contribution in [-0.4, -0.2) is 66.2 Å². The van der Waals surface area contributed by atoms with E-state index >= 15 is 0 Å². The molecule has 2 heterocycles. The van der Waals surface area contributed by atoms with Crippen molar-refractivity contribution in [2.45, 2.75) is 50.6 Å². The van der Waals surface area contributed by atoms with Gasteiger partial charge in [-0.1, -0.05) is 24.3 Å². The number of methoxy groups -OCH3 is 1. The van der Waals surface area contributed by atoms with E-state index in [4.69, 9.17) is 14.2 Å². The van der Waals surface area contributed by atoms with Gasteiger partial charge < -0.3 is 23.9 Å². The van der Waals surface area contributed by atoms with Gasteiger partial charge in [0.2, 0.25) is 5.60 Å². The van der Waals surface area contributed by atoms with Crippen LogP contribution in [0.1, 0.15) is 42.0 Å². The summed E-state index contributed by atoms with van der Waals surface area (Å²) in [6, 6.07) is 17.1. The summed E-state index contributed by atoms with van der Waals surface area (Å²) in [4.78, 5) is 13.4. The number of benzene rings is 3. The van der Waals surface area contributed by atoms with Crippen LogP contribution in [0.25, 0.3) is 10.9 Å². The molecule has 5 rings (SSSR count). The van der Waals surface area contributed by atoms with E-state index in [1.807, 2.05) is 6.07 Å². The highest BCUT2D eigenvalue weighted by molar-refractivity contribution is 5.86. The van der Waals surface area contributed by atoms with Gasteiger partial charge in [0.25, 0.3) is 0 Å². The molecular formula is C35H35F4N3O5. The SMILES string of the molecule is CCOC(=O)Cc1ccc(OC2CCN(CC(O)(c3cn(Cc4ccc(F)cc4)c4cc(C#N)ccc34)C(F)(F)F)CC2)c(OC)c1. The van der Waals surface area contributed by atoms with Crippen molar-refractivity contribution in [1.82, 2.24) is 9.47 Å². The Morgan fingerprint density at radius 1 is 1.02 bits per heavy atom. The van der Waals surface area contributed by atoms with E-state index in [2.05, 4.69) is 0 Å². The summed E-state index contributed by atoms with van der Waals surface area (Å²) >= 11 is 0. The molecule has 3 aromatic carbocycles. The summed E-state index contributed by atoms with van der Waals surface area (Å²) in [7, 11) is 1.48. The third-order valence-electron chi connectivity index (χ3n) is 8.35. The topological polar surface area (TPSA) is 97.0 Å². The molecule has 0 amide bonds. The maximum Gasteiger partial charge on any atom is 0.422 e. The quantitative estimate of drug-likeness (QED) is 0.154. The molecule has 1 N–H and O–H groups in total. The Balaban J connectivity index is 1.34. The van der Waals surface area contributed by atoms with Gasteiger partial charge in [0.05, 0.1) is 37.3 Å². The monoisotopic (exact) mass is 653 g/mol. The van der Waals surface area contributed by atoms with Gasteiger partial charge >= 0.3 is 12.1 Å². The van der Waals surface area contributed by atoms with Gasteiger partial charge in [0.15, 0.2) is 11.5 Å². The Hall–Kier alpha value is -4.60. The van der Waals surface area contributed by atoms with Gasteiger partial charge in [-0.15, -0.1) is 0 Å². The van der Waals surface area contributed by atoms with Gasteiger partial charge in [-0.2, -0.15) is 18.4 Å². The van der Waals surface area contributed by atoms with Gasteiger partial charge in [-0.05, 0) is 67.3 Å². The average molecular weight is 654 g/mol. The largest absolute Gasteiger partial charge is 0.493 e. The molecule has 0 bridgehead atoms. The van der Waals surface area contributed by atoms with Crippen molar-refractivity contribution >= 4 is 16.9 Å². The Labute approximate surface area is 269 Å². The molecule has 47 heavy (non-hydrogen) atoms. The number of carbonyl (C=O) groups excluding carboxylic acids is 1. The lowest BCUT2D eigenvalue weighted by molar-refractivity contribution is -0.272. The standard InChI is InChI=1S/C35H35F4N3O5/c1-3-46-33(43)18-24-7-11-31(32(17-24)45-2)47-27-12-14-41(15-13-27)22-34(44,35(37,38)39)29-21-42(20-23-4-8-26(36)9-5-23)30-16-25(19-40)6-10-28(29)30/h4-11,16-17,21,27,44H,3,12-15,18,20,22H2,1-2H3. The number of aromatic nitrogens is 1. The highest BCUT2D eigenvalue weighted by atomic mass is 19.4. The number of fused-ring (bicyclic) bond motifs is 1. The normalized spacial score (nSPS) is 15.6. The first-order chi connectivity index (χ1) is 22.4. The van der Waals surface area contributed by atoms with Crippen LogP contribution in [0.4, 0.5) is 17.6 Å². The van der Waals surface area contributed by atoms with Crippen LogP contribution < -0.4 is 9.47 Å². The third kappa shape index (κ3) is 7.53. The summed E-state index contributed by atoms with van der Waals surface area (Å²) in [5.74, 6) is 0.0781. The second kappa shape index (κ2) is 14.0. The summed E-state index contributed by atoms with van der Waals surface area (Å²) in [5.41, 5.74) is -1.61. The molecule has 0 spiro atoms. The number of likely N-dealkylation sites (tertiary alicyclic amines) is 1. The molecular weight excluding hydrogens is 618 g/mol. The molecule has 248 valence electrons. The number of halogens is 4. The second-order valence-electron chi connectivity index (χ2n) is 11.6. The van der Waals surface area contributed by atoms with E-state index in [0.29, 0.717) is 41.0 Å². The first-order valence-electron chi connectivity index (χ1n) is 15.2. The van der Waals surface area contributed by atoms with Crippen molar-refractivity contribution in [2.75, 3.05) is 33.4 Å². The van der Waals surface area contributed by atoms with Crippen LogP contribution >= 0.6 is 0 Å². The molecule has 4 aromatic rings. The summed E-state index contributed by atoms with van der Waals surface area (Å²) in [6.07, 6.45) is -3.18. The lowest BCUT2D eigenvalue weighted by Gasteiger charge is -2.39. The summed E-state index contributed by atoms with van der Waals surface area (Å²) in [5, 5.41) is 21.2. The number of hydrogen-bond donors (Lipinski definition) is 1. The Morgan fingerprint density at radius 2 is 1.72 bits per heavy atom. The number of rotatable bonds is 11. The highest BCUT2D eigenvalue weighted by Crippen LogP contribution is 2.44. The van der Waals surface area contributed by atoms with Crippen molar-refractivity contribution in [3.8, 4) is 17.6 Å². The minimum Gasteiger partial charge on any atom is -0.493 e. The zero-order valence-electron chi connectivity index (χ0n) is 26.0. The second-order valence-corrected chi connectivity index (χ2v) is 11.6. The minimum absolute atomic E-state index is 0.0787. The van der Waals surface area contributed by atoms with Crippen LogP contribution in [0.15, 0.2) is 66.9 Å². The predicted octanol–water partition coefficient (Wildman–Crippen LogP) is 6.11. The molecule has 0 saturated carbocycles. The Morgan fingerprint density at radius 3 is 2.36 bits per heavy atom. The predicted molar refractivity (Wildman–Crippen MR) is 166 cm³/mol. The Kier molecular flexibility index (Phi) is 10.1. The molecule has 0 aliphatic carbocycles. The first kappa shape index (κ1) is 33.8. The first-order valence-corrected chi connectivity index (χ1v) is 15.2. The Bertz CT molecular complexity index is 1760. The van der Waals surface area contributed by atoms with Gasteiger partial charge in [0.1, 0.15) is 11.9 Å². The minimum atomic E-state index is -5.03. The van der Waals surface area contributed by atoms with E-state index in [1.54, 1.807) is 34.6 Å². The zero-order valence-corrected chi connectivity index (χ0v) is 26.0. The van der Waals surface area contributed by atoms with E-state index in [0.717, 1.165) is 0 Å². The number of piperidine rings is 1. The van der Waals surface area contributed by atoms with Crippen molar-refractivity contribution in [2.24, 2.45) is 0 Å². The molecule has 1 unspecified atom stereocenters. The van der Waals surface area contributed by atoms with Crippen LogP contribution in [0, 0.1) is 17.1 Å². The maximum atomic E-state index is 14.9. The molecule has 1 aliphatic heterocycles. The fourth-order valence-electron chi connectivity index (χ4n) is 5.92. The number of alkyl halides is 3. The third-order valence-corrected chi connectivity index (χ3v) is 8.35. The fourth-order valence-corrected chi connectivity index (χ4v) is 5.92. The van der Waals surface area contributed by atoms with Crippen molar-refractivity contribution in [3.05, 3.63) is 94.9 Å². The number of esters is 1. The van der Waals surface area contributed by atoms with Crippen molar-refractivity contribution in [3.63, 3.8) is 0 Å². The molecule has 0 radical (unpaired) electrons. The number of β-amino-alcohol motifs (C(OH)–C–C–N with tert-alkyl or cyclic N) is 1. The van der Waals surface area contributed by atoms with Gasteiger partial charge in [0, 0.05) is 43.3 Å². The van der Waals surface area contributed by atoms with Gasteiger partial charge in [-0.25, -0.2) is 4.39 Å². The molecule has 1 aromatic heterocycles. The molecule has 1 atom stereocenters. The molecule has 1 aliphatic rings. The zero-order chi connectivity index (χ0) is 33.8. The summed E-state index contributed by atoms with van der Waals surface area (Å²) in [6.45, 7) is 1.88. The molecule has 1 saturated heterocycles. The van der Waals surface area contributed by atoms with E-state index in [-0.39, 0.29) is 61.2 Å².